The van der Waals surface area contributed by atoms with Crippen molar-refractivity contribution in [2.75, 3.05) is 36.8 Å². The van der Waals surface area contributed by atoms with Crippen molar-refractivity contribution in [2.24, 2.45) is 0 Å². The van der Waals surface area contributed by atoms with E-state index in [9.17, 15) is 26.3 Å². The normalized spacial score (nSPS) is 16.2. The molecule has 1 atom stereocenters. The van der Waals surface area contributed by atoms with E-state index < -0.39 is 47.9 Å². The molecule has 4 N–H and O–H groups in total. The number of rotatable bonds is 14. The third-order valence-corrected chi connectivity index (χ3v) is 14.0. The van der Waals surface area contributed by atoms with Crippen LogP contribution in [0.2, 0.25) is 0 Å². The number of thioether (sulfide) groups is 2. The van der Waals surface area contributed by atoms with Gasteiger partial charge in [0.25, 0.3) is 0 Å². The number of nitrogens with zero attached hydrogens (tertiary/aromatic N) is 6. The van der Waals surface area contributed by atoms with Crippen molar-refractivity contribution in [3.05, 3.63) is 99.9 Å². The van der Waals surface area contributed by atoms with Crippen molar-refractivity contribution in [3.8, 4) is 5.75 Å². The van der Waals surface area contributed by atoms with Gasteiger partial charge in [-0.15, -0.1) is 13.2 Å². The quantitative estimate of drug-likeness (QED) is 0.0618. The highest BCUT2D eigenvalue weighted by Gasteiger charge is 2.36. The molecule has 8 rings (SSSR count). The van der Waals surface area contributed by atoms with Gasteiger partial charge in [-0.25, -0.2) is 9.97 Å². The molecule has 0 amide bonds. The van der Waals surface area contributed by atoms with Crippen LogP contribution in [0.25, 0.3) is 11.3 Å². The van der Waals surface area contributed by atoms with Gasteiger partial charge < -0.3 is 26.0 Å². The predicted octanol–water partition coefficient (Wildman–Crippen LogP) is 10.2. The maximum absolute atomic E-state index is 16.5. The Labute approximate surface area is 371 Å². The van der Waals surface area contributed by atoms with E-state index in [4.69, 9.17) is 0 Å². The Morgan fingerprint density at radius 1 is 0.719 bits per heavy atom. The van der Waals surface area contributed by atoms with E-state index in [1.165, 1.54) is 63.0 Å². The number of para-hydroxylation sites is 1. The molecular formula is C43H46F8N10OS2. The molecular weight excluding hydrogens is 889 g/mol. The lowest BCUT2D eigenvalue weighted by Crippen LogP contribution is -2.29. The van der Waals surface area contributed by atoms with E-state index in [0.29, 0.717) is 24.3 Å². The minimum atomic E-state index is -4.96. The summed E-state index contributed by atoms with van der Waals surface area (Å²) >= 11 is 2.54. The van der Waals surface area contributed by atoms with Crippen LogP contribution in [0.5, 0.6) is 5.75 Å². The number of halogens is 8. The van der Waals surface area contributed by atoms with E-state index in [1.807, 2.05) is 13.8 Å². The molecule has 2 saturated heterocycles. The average Bonchev–Trinajstić information content (AvgIpc) is 3.88. The fourth-order valence-corrected chi connectivity index (χ4v) is 10.2. The summed E-state index contributed by atoms with van der Waals surface area (Å²) in [4.78, 5) is 9.32. The number of hydrogen-bond acceptors (Lipinski definition) is 11. The fraction of sp³-hybridized carbons (Fsp3) is 0.442. The fourth-order valence-electron chi connectivity index (χ4n) is 7.95. The van der Waals surface area contributed by atoms with Crippen LogP contribution in [0, 0.1) is 11.6 Å². The lowest BCUT2D eigenvalue weighted by molar-refractivity contribution is -0.274. The van der Waals surface area contributed by atoms with E-state index in [2.05, 4.69) is 46.2 Å². The van der Waals surface area contributed by atoms with Crippen LogP contribution >= 0.6 is 23.5 Å². The monoisotopic (exact) mass is 934 g/mol. The second kappa shape index (κ2) is 18.9. The number of ether oxygens (including phenoxy) is 1. The average molecular weight is 935 g/mol. The van der Waals surface area contributed by atoms with E-state index in [-0.39, 0.29) is 67.0 Å². The minimum absolute atomic E-state index is 0.000603. The van der Waals surface area contributed by atoms with Gasteiger partial charge in [-0.2, -0.15) is 41.2 Å². The maximum Gasteiger partial charge on any atom is 0.573 e. The van der Waals surface area contributed by atoms with Gasteiger partial charge in [0.1, 0.15) is 15.8 Å². The Hall–Kier alpha value is -4.86. The van der Waals surface area contributed by atoms with Gasteiger partial charge >= 0.3 is 12.5 Å². The summed E-state index contributed by atoms with van der Waals surface area (Å²) in [6.07, 6.45) is -3.70. The van der Waals surface area contributed by atoms with Crippen molar-refractivity contribution >= 4 is 46.5 Å². The SMILES string of the molecule is CC(C)c1cnn2c(NCc3ccc(C(C)c4cnn5c(NCc6ccccc6OC(F)(F)F)c(F)c(SC6CCNCC6)nc45)cc3C(F)(F)F)c(F)c(SC3CCNCC3)nc12. The molecule has 64 heavy (non-hydrogen) atoms. The van der Waals surface area contributed by atoms with Crippen molar-refractivity contribution in [1.29, 1.82) is 0 Å². The van der Waals surface area contributed by atoms with E-state index in [0.717, 1.165) is 56.5 Å². The van der Waals surface area contributed by atoms with Crippen LogP contribution in [0.1, 0.15) is 91.7 Å². The third kappa shape index (κ3) is 10.0. The van der Waals surface area contributed by atoms with Crippen LogP contribution in [0.3, 0.4) is 0 Å². The second-order valence-corrected chi connectivity index (χ2v) is 18.7. The zero-order chi connectivity index (χ0) is 45.3. The highest BCUT2D eigenvalue weighted by atomic mass is 32.2. The molecule has 0 radical (unpaired) electrons. The molecule has 2 aromatic carbocycles. The maximum atomic E-state index is 16.5. The largest absolute Gasteiger partial charge is 0.573 e. The molecule has 2 fully saturated rings. The Morgan fingerprint density at radius 3 is 1.77 bits per heavy atom. The topological polar surface area (TPSA) is 118 Å². The summed E-state index contributed by atoms with van der Waals surface area (Å²) in [5.74, 6) is -2.98. The lowest BCUT2D eigenvalue weighted by atomic mass is 9.91. The van der Waals surface area contributed by atoms with Gasteiger partial charge in [-0.3, -0.25) is 0 Å². The molecule has 2 aliphatic heterocycles. The van der Waals surface area contributed by atoms with Crippen molar-refractivity contribution in [3.63, 3.8) is 0 Å². The summed E-state index contributed by atoms with van der Waals surface area (Å²) < 4.78 is 124. The molecule has 2 aliphatic rings. The Bertz CT molecular complexity index is 2610. The molecule has 0 aliphatic carbocycles. The highest BCUT2D eigenvalue weighted by Crippen LogP contribution is 2.40. The van der Waals surface area contributed by atoms with Gasteiger partial charge in [0.15, 0.2) is 34.6 Å². The summed E-state index contributed by atoms with van der Waals surface area (Å²) in [5.41, 5.74) is 0.995. The first kappa shape index (κ1) is 45.7. The predicted molar refractivity (Wildman–Crippen MR) is 230 cm³/mol. The number of fused-ring (bicyclic) bond motifs is 2. The standard InChI is InChI=1S/C43H46F8N10OS2/c1-23(2)30-21-56-60-36(30)58-40(63-28-10-14-52-15-11-28)34(44)38(60)54-19-26-9-8-25(18-32(26)42(46,47)48)24(3)31-22-57-61-37(31)59-41(64-29-12-16-53-17-13-29)35(45)39(61)55-20-27-6-4-5-7-33(27)62-43(49,50)51/h4-9,18,21-24,28-29,52-55H,10-17,19-20H2,1-3H3. The van der Waals surface area contributed by atoms with Gasteiger partial charge in [0.05, 0.1) is 18.0 Å². The molecule has 0 bridgehead atoms. The van der Waals surface area contributed by atoms with Gasteiger partial charge in [0, 0.05) is 46.2 Å². The van der Waals surface area contributed by atoms with Crippen LogP contribution in [0.4, 0.5) is 46.8 Å². The van der Waals surface area contributed by atoms with E-state index >= 15 is 8.78 Å². The number of nitrogens with one attached hydrogen (secondary N) is 4. The third-order valence-electron chi connectivity index (χ3n) is 11.4. The molecule has 0 spiro atoms. The van der Waals surface area contributed by atoms with Crippen molar-refractivity contribution in [2.45, 2.75) is 104 Å². The first-order valence-corrected chi connectivity index (χ1v) is 22.7. The number of anilines is 2. The van der Waals surface area contributed by atoms with Gasteiger partial charge in [0.2, 0.25) is 0 Å². The molecule has 4 aromatic heterocycles. The molecule has 342 valence electrons. The molecule has 1 unspecified atom stereocenters. The first-order valence-electron chi connectivity index (χ1n) is 21.0. The summed E-state index contributed by atoms with van der Waals surface area (Å²) in [5, 5.41) is 21.4. The highest BCUT2D eigenvalue weighted by molar-refractivity contribution is 8.00. The molecule has 6 aromatic rings. The number of alkyl halides is 6. The summed E-state index contributed by atoms with van der Waals surface area (Å²) in [6, 6.07) is 9.39. The first-order chi connectivity index (χ1) is 30.6. The molecule has 11 nitrogen and oxygen atoms in total. The van der Waals surface area contributed by atoms with E-state index in [1.54, 1.807) is 19.2 Å². The van der Waals surface area contributed by atoms with Crippen LogP contribution in [0.15, 0.2) is 64.9 Å². The molecule has 0 saturated carbocycles. The van der Waals surface area contributed by atoms with Crippen molar-refractivity contribution < 1.29 is 39.9 Å². The second-order valence-electron chi connectivity index (χ2n) is 16.1. The Kier molecular flexibility index (Phi) is 13.5. The number of hydrogen-bond donors (Lipinski definition) is 4. The van der Waals surface area contributed by atoms with Gasteiger partial charge in [-0.1, -0.05) is 74.6 Å². The van der Waals surface area contributed by atoms with Crippen LogP contribution in [-0.4, -0.2) is 72.2 Å². The van der Waals surface area contributed by atoms with Crippen LogP contribution < -0.4 is 26.0 Å². The summed E-state index contributed by atoms with van der Waals surface area (Å²) in [6.45, 7) is 7.92. The zero-order valence-electron chi connectivity index (χ0n) is 35.0. The summed E-state index contributed by atoms with van der Waals surface area (Å²) in [7, 11) is 0. The number of piperidine rings is 2. The zero-order valence-corrected chi connectivity index (χ0v) is 36.6. The molecule has 6 heterocycles. The van der Waals surface area contributed by atoms with Gasteiger partial charge in [-0.05, 0) is 81.0 Å². The molecule has 21 heteroatoms. The number of aromatic nitrogens is 6. The number of benzene rings is 2. The Morgan fingerprint density at radius 2 is 1.23 bits per heavy atom. The smallest absolute Gasteiger partial charge is 0.405 e. The Balaban J connectivity index is 1.12. The lowest BCUT2D eigenvalue weighted by Gasteiger charge is -2.23. The minimum Gasteiger partial charge on any atom is -0.405 e. The van der Waals surface area contributed by atoms with Crippen LogP contribution in [-0.2, 0) is 19.3 Å². The van der Waals surface area contributed by atoms with Crippen molar-refractivity contribution in [1.82, 2.24) is 39.8 Å².